The van der Waals surface area contributed by atoms with Gasteiger partial charge in [0.15, 0.2) is 0 Å². The zero-order valence-electron chi connectivity index (χ0n) is 9.25. The Hall–Kier alpha value is 0.270. The van der Waals surface area contributed by atoms with E-state index in [0.29, 0.717) is 0 Å². The minimum atomic E-state index is 0.848. The van der Waals surface area contributed by atoms with Crippen molar-refractivity contribution < 1.29 is 4.48 Å². The molecule has 0 spiro atoms. The Labute approximate surface area is 93.8 Å². The van der Waals surface area contributed by atoms with Crippen molar-refractivity contribution in [2.45, 2.75) is 38.5 Å². The molecule has 0 bridgehead atoms. The molecule has 0 atom stereocenters. The average molecular weight is 217 g/mol. The molecule has 1 aliphatic rings. The number of nitrogens with two attached hydrogens (primary N) is 1. The van der Waals surface area contributed by atoms with E-state index in [1.54, 1.807) is 0 Å². The fourth-order valence-electron chi connectivity index (χ4n) is 2.42. The van der Waals surface area contributed by atoms with E-state index in [0.717, 1.165) is 12.4 Å². The maximum atomic E-state index is 5.91. The lowest BCUT2D eigenvalue weighted by molar-refractivity contribution is -0.932. The van der Waals surface area contributed by atoms with Gasteiger partial charge < -0.3 is 4.48 Å². The Morgan fingerprint density at radius 3 is 2.29 bits per heavy atom. The molecule has 2 N–H and O–H groups in total. The molecule has 14 heavy (non-hydrogen) atoms. The molecular formula is C11H25N2S+. The first-order chi connectivity index (χ1) is 6.83. The van der Waals surface area contributed by atoms with Crippen molar-refractivity contribution in [3.63, 3.8) is 0 Å². The first-order valence-electron chi connectivity index (χ1n) is 5.99. The van der Waals surface area contributed by atoms with Gasteiger partial charge in [-0.3, -0.25) is 5.73 Å². The smallest absolute Gasteiger partial charge is 0.130 e. The van der Waals surface area contributed by atoms with Crippen LogP contribution >= 0.6 is 12.6 Å². The number of rotatable bonds is 6. The zero-order valence-corrected chi connectivity index (χ0v) is 10.1. The highest BCUT2D eigenvalue weighted by Crippen LogP contribution is 2.18. The number of piperidine rings is 1. The second-order valence-corrected chi connectivity index (χ2v) is 4.99. The third-order valence-electron chi connectivity index (χ3n) is 3.44. The summed E-state index contributed by atoms with van der Waals surface area (Å²) in [5.41, 5.74) is 5.91. The van der Waals surface area contributed by atoms with Crippen molar-refractivity contribution in [2.24, 2.45) is 5.73 Å². The summed E-state index contributed by atoms with van der Waals surface area (Å²) in [6.07, 6.45) is 8.08. The Balaban J connectivity index is 2.22. The van der Waals surface area contributed by atoms with Gasteiger partial charge in [0.2, 0.25) is 0 Å². The van der Waals surface area contributed by atoms with Gasteiger partial charge in [0.1, 0.15) is 6.67 Å². The highest BCUT2D eigenvalue weighted by atomic mass is 32.1. The third-order valence-corrected chi connectivity index (χ3v) is 3.76. The van der Waals surface area contributed by atoms with Gasteiger partial charge in [-0.25, -0.2) is 0 Å². The SMILES string of the molecule is NC[N+]1(CCCCCS)CCCCC1. The highest BCUT2D eigenvalue weighted by Gasteiger charge is 2.27. The molecule has 0 aliphatic carbocycles. The number of hydrogen-bond donors (Lipinski definition) is 2. The minimum absolute atomic E-state index is 0.848. The fourth-order valence-corrected chi connectivity index (χ4v) is 2.64. The summed E-state index contributed by atoms with van der Waals surface area (Å²) in [4.78, 5) is 0. The molecule has 1 aliphatic heterocycles. The van der Waals surface area contributed by atoms with Crippen LogP contribution in [0.15, 0.2) is 0 Å². The van der Waals surface area contributed by atoms with Crippen LogP contribution < -0.4 is 5.73 Å². The number of hydrogen-bond acceptors (Lipinski definition) is 2. The lowest BCUT2D eigenvalue weighted by atomic mass is 10.1. The summed E-state index contributed by atoms with van der Waals surface area (Å²) in [7, 11) is 0. The van der Waals surface area contributed by atoms with Crippen LogP contribution in [0.5, 0.6) is 0 Å². The molecule has 0 aromatic carbocycles. The van der Waals surface area contributed by atoms with Crippen molar-refractivity contribution >= 4 is 12.6 Å². The Morgan fingerprint density at radius 2 is 1.71 bits per heavy atom. The maximum absolute atomic E-state index is 5.91. The van der Waals surface area contributed by atoms with Crippen molar-refractivity contribution in [2.75, 3.05) is 32.1 Å². The van der Waals surface area contributed by atoms with Crippen LogP contribution in [0.25, 0.3) is 0 Å². The van der Waals surface area contributed by atoms with Crippen molar-refractivity contribution in [3.05, 3.63) is 0 Å². The van der Waals surface area contributed by atoms with E-state index in [1.165, 1.54) is 62.6 Å². The predicted octanol–water partition coefficient (Wildman–Crippen LogP) is 2.00. The van der Waals surface area contributed by atoms with Crippen LogP contribution in [-0.2, 0) is 0 Å². The van der Waals surface area contributed by atoms with Gasteiger partial charge in [-0.2, -0.15) is 12.6 Å². The van der Waals surface area contributed by atoms with E-state index in [4.69, 9.17) is 5.73 Å². The molecule has 0 saturated carbocycles. The van der Waals surface area contributed by atoms with Crippen LogP contribution in [0, 0.1) is 0 Å². The maximum Gasteiger partial charge on any atom is 0.130 e. The minimum Gasteiger partial charge on any atom is -0.311 e. The Bertz CT molecular complexity index is 144. The zero-order chi connectivity index (χ0) is 10.3. The van der Waals surface area contributed by atoms with Gasteiger partial charge >= 0.3 is 0 Å². The molecule has 0 aromatic rings. The van der Waals surface area contributed by atoms with Gasteiger partial charge in [0, 0.05) is 0 Å². The van der Waals surface area contributed by atoms with Crippen molar-refractivity contribution in [1.29, 1.82) is 0 Å². The van der Waals surface area contributed by atoms with Crippen LogP contribution in [0.1, 0.15) is 38.5 Å². The normalized spacial score (nSPS) is 21.0. The first-order valence-corrected chi connectivity index (χ1v) is 6.62. The average Bonchev–Trinajstić information content (AvgIpc) is 2.26. The molecule has 84 valence electrons. The van der Waals surface area contributed by atoms with E-state index in [2.05, 4.69) is 12.6 Å². The molecule has 0 amide bonds. The van der Waals surface area contributed by atoms with Crippen LogP contribution in [0.3, 0.4) is 0 Å². The number of nitrogens with zero attached hydrogens (tertiary/aromatic N) is 1. The van der Waals surface area contributed by atoms with Crippen molar-refractivity contribution in [3.8, 4) is 0 Å². The topological polar surface area (TPSA) is 26.0 Å². The van der Waals surface area contributed by atoms with E-state index in [-0.39, 0.29) is 0 Å². The molecule has 1 rings (SSSR count). The molecule has 1 fully saturated rings. The van der Waals surface area contributed by atoms with Crippen molar-refractivity contribution in [1.82, 2.24) is 0 Å². The Kier molecular flexibility index (Phi) is 5.90. The standard InChI is InChI=1S/C11H24N2S/c12-11-13(7-3-1-4-8-13)9-5-2-6-10-14/h1-12H2/p+1. The number of thiol groups is 1. The van der Waals surface area contributed by atoms with Crippen LogP contribution in [0.4, 0.5) is 0 Å². The number of unbranched alkanes of at least 4 members (excludes halogenated alkanes) is 2. The summed E-state index contributed by atoms with van der Waals surface area (Å²) in [6.45, 7) is 4.78. The van der Waals surface area contributed by atoms with Gasteiger partial charge in [0.25, 0.3) is 0 Å². The molecule has 0 aromatic heterocycles. The molecular weight excluding hydrogens is 192 g/mol. The van der Waals surface area contributed by atoms with Gasteiger partial charge in [-0.15, -0.1) is 0 Å². The quantitative estimate of drug-likeness (QED) is 0.397. The molecule has 1 saturated heterocycles. The van der Waals surface area contributed by atoms with E-state index >= 15 is 0 Å². The molecule has 1 heterocycles. The molecule has 3 heteroatoms. The fraction of sp³-hybridized carbons (Fsp3) is 1.00. The second-order valence-electron chi connectivity index (χ2n) is 4.54. The molecule has 0 unspecified atom stereocenters. The summed E-state index contributed by atoms with van der Waals surface area (Å²) in [6, 6.07) is 0. The number of quaternary nitrogens is 1. The van der Waals surface area contributed by atoms with Gasteiger partial charge in [-0.05, 0) is 44.3 Å². The predicted molar refractivity (Wildman–Crippen MR) is 65.5 cm³/mol. The molecule has 0 radical (unpaired) electrons. The monoisotopic (exact) mass is 217 g/mol. The second kappa shape index (κ2) is 6.70. The summed E-state index contributed by atoms with van der Waals surface area (Å²) in [5.74, 6) is 1.03. The summed E-state index contributed by atoms with van der Waals surface area (Å²) in [5, 5.41) is 0. The first kappa shape index (κ1) is 12.3. The summed E-state index contributed by atoms with van der Waals surface area (Å²) < 4.78 is 1.19. The molecule has 2 nitrogen and oxygen atoms in total. The van der Waals surface area contributed by atoms with Crippen LogP contribution in [0.2, 0.25) is 0 Å². The van der Waals surface area contributed by atoms with E-state index in [9.17, 15) is 0 Å². The highest BCUT2D eigenvalue weighted by molar-refractivity contribution is 7.80. The third kappa shape index (κ3) is 3.79. The number of likely N-dealkylation sites (tertiary alicyclic amines) is 1. The summed E-state index contributed by atoms with van der Waals surface area (Å²) >= 11 is 4.23. The van der Waals surface area contributed by atoms with E-state index < -0.39 is 0 Å². The van der Waals surface area contributed by atoms with Crippen LogP contribution in [-0.4, -0.2) is 36.5 Å². The Morgan fingerprint density at radius 1 is 1.00 bits per heavy atom. The lowest BCUT2D eigenvalue weighted by Crippen LogP contribution is -2.55. The lowest BCUT2D eigenvalue weighted by Gasteiger charge is -2.40. The van der Waals surface area contributed by atoms with Gasteiger partial charge in [0.05, 0.1) is 19.6 Å². The van der Waals surface area contributed by atoms with Gasteiger partial charge in [-0.1, -0.05) is 0 Å². The largest absolute Gasteiger partial charge is 0.311 e. The van der Waals surface area contributed by atoms with E-state index in [1.807, 2.05) is 0 Å².